The van der Waals surface area contributed by atoms with Gasteiger partial charge in [0.2, 0.25) is 5.13 Å². The van der Waals surface area contributed by atoms with Gasteiger partial charge in [0.25, 0.3) is 0 Å². The van der Waals surface area contributed by atoms with Gasteiger partial charge in [-0.1, -0.05) is 54.5 Å². The fraction of sp³-hybridized carbons (Fsp3) is 0.500. The maximum absolute atomic E-state index is 13.4. The van der Waals surface area contributed by atoms with Crippen LogP contribution in [0.1, 0.15) is 32.1 Å². The molecule has 0 saturated heterocycles. The van der Waals surface area contributed by atoms with Crippen LogP contribution in [-0.4, -0.2) is 28.6 Å². The van der Waals surface area contributed by atoms with E-state index in [-0.39, 0.29) is 5.82 Å². The van der Waals surface area contributed by atoms with Crippen molar-refractivity contribution in [2.45, 2.75) is 42.5 Å². The topological polar surface area (TPSA) is 47.0 Å². The monoisotopic (exact) mass is 353 g/mol. The van der Waals surface area contributed by atoms with Crippen molar-refractivity contribution in [3.8, 4) is 5.75 Å². The third kappa shape index (κ3) is 5.07. The third-order valence-electron chi connectivity index (χ3n) is 3.74. The molecule has 1 aliphatic rings. The minimum absolute atomic E-state index is 0.296. The van der Waals surface area contributed by atoms with Crippen molar-refractivity contribution < 1.29 is 9.13 Å². The molecule has 7 heteroatoms. The lowest BCUT2D eigenvalue weighted by molar-refractivity contribution is 0.325. The first-order chi connectivity index (χ1) is 11.3. The molecular formula is C16H20FN3OS2. The number of rotatable bonds is 7. The van der Waals surface area contributed by atoms with Crippen LogP contribution >= 0.6 is 23.1 Å². The predicted molar refractivity (Wildman–Crippen MR) is 93.0 cm³/mol. The van der Waals surface area contributed by atoms with Gasteiger partial charge in [-0.2, -0.15) is 0 Å². The standard InChI is InChI=1S/C16H20FN3OS2/c17-13-8-4-5-9-14(13)21-10-11-22-16-20-19-15(23-16)18-12-6-2-1-3-7-12/h4-5,8-9,12H,1-3,6-7,10-11H2,(H,18,19). The Bertz CT molecular complexity index is 617. The molecule has 0 spiro atoms. The number of para-hydroxylation sites is 1. The molecule has 0 atom stereocenters. The van der Waals surface area contributed by atoms with Crippen molar-refractivity contribution in [2.24, 2.45) is 0 Å². The Balaban J connectivity index is 1.40. The normalized spacial score (nSPS) is 15.5. The van der Waals surface area contributed by atoms with Gasteiger partial charge in [0, 0.05) is 11.8 Å². The van der Waals surface area contributed by atoms with Crippen molar-refractivity contribution >= 4 is 28.2 Å². The summed E-state index contributed by atoms with van der Waals surface area (Å²) < 4.78 is 19.8. The zero-order valence-electron chi connectivity index (χ0n) is 12.8. The Morgan fingerprint density at radius 3 is 2.87 bits per heavy atom. The predicted octanol–water partition coefficient (Wildman–Crippen LogP) is 4.59. The van der Waals surface area contributed by atoms with E-state index in [4.69, 9.17) is 4.74 Å². The van der Waals surface area contributed by atoms with Crippen molar-refractivity contribution in [3.63, 3.8) is 0 Å². The number of anilines is 1. The summed E-state index contributed by atoms with van der Waals surface area (Å²) >= 11 is 3.16. The summed E-state index contributed by atoms with van der Waals surface area (Å²) in [5.41, 5.74) is 0. The van der Waals surface area contributed by atoms with Gasteiger partial charge < -0.3 is 10.1 Å². The van der Waals surface area contributed by atoms with Crippen LogP contribution in [0.4, 0.5) is 9.52 Å². The number of thioether (sulfide) groups is 1. The Kier molecular flexibility index (Phi) is 6.10. The van der Waals surface area contributed by atoms with Crippen LogP contribution in [0.5, 0.6) is 5.75 Å². The van der Waals surface area contributed by atoms with Crippen LogP contribution in [-0.2, 0) is 0 Å². The highest BCUT2D eigenvalue weighted by atomic mass is 32.2. The summed E-state index contributed by atoms with van der Waals surface area (Å²) in [4.78, 5) is 0. The molecule has 0 aliphatic heterocycles. The first-order valence-corrected chi connectivity index (χ1v) is 9.71. The molecular weight excluding hydrogens is 333 g/mol. The number of hydrogen-bond acceptors (Lipinski definition) is 6. The largest absolute Gasteiger partial charge is 0.490 e. The number of aromatic nitrogens is 2. The van der Waals surface area contributed by atoms with Crippen molar-refractivity contribution in [1.29, 1.82) is 0 Å². The van der Waals surface area contributed by atoms with Crippen LogP contribution in [0.25, 0.3) is 0 Å². The molecule has 2 aromatic rings. The summed E-state index contributed by atoms with van der Waals surface area (Å²) in [6, 6.07) is 6.99. The number of halogens is 1. The summed E-state index contributed by atoms with van der Waals surface area (Å²) in [7, 11) is 0. The second-order valence-corrected chi connectivity index (χ2v) is 7.80. The molecule has 124 valence electrons. The molecule has 4 nitrogen and oxygen atoms in total. The first-order valence-electron chi connectivity index (χ1n) is 7.91. The second-order valence-electron chi connectivity index (χ2n) is 5.48. The Hall–Kier alpha value is -1.34. The van der Waals surface area contributed by atoms with Crippen molar-refractivity contribution in [1.82, 2.24) is 10.2 Å². The van der Waals surface area contributed by atoms with Gasteiger partial charge in [-0.05, 0) is 25.0 Å². The fourth-order valence-corrected chi connectivity index (χ4v) is 4.31. The van der Waals surface area contributed by atoms with Crippen molar-refractivity contribution in [2.75, 3.05) is 17.7 Å². The van der Waals surface area contributed by atoms with Gasteiger partial charge in [0.05, 0.1) is 6.61 Å². The molecule has 1 heterocycles. The zero-order chi connectivity index (χ0) is 15.9. The van der Waals surface area contributed by atoms with Gasteiger partial charge in [-0.3, -0.25) is 0 Å². The molecule has 1 fully saturated rings. The second kappa shape index (κ2) is 8.49. The van der Waals surface area contributed by atoms with Gasteiger partial charge >= 0.3 is 0 Å². The first kappa shape index (κ1) is 16.5. The van der Waals surface area contributed by atoms with Crippen LogP contribution < -0.4 is 10.1 Å². The van der Waals surface area contributed by atoms with E-state index in [9.17, 15) is 4.39 Å². The highest BCUT2D eigenvalue weighted by molar-refractivity contribution is 8.01. The number of nitrogens with zero attached hydrogens (tertiary/aromatic N) is 2. The lowest BCUT2D eigenvalue weighted by Crippen LogP contribution is -2.21. The number of hydrogen-bond donors (Lipinski definition) is 1. The van der Waals surface area contributed by atoms with Gasteiger partial charge in [-0.25, -0.2) is 4.39 Å². The van der Waals surface area contributed by atoms with Crippen LogP contribution in [0.3, 0.4) is 0 Å². The van der Waals surface area contributed by atoms with Gasteiger partial charge in [-0.15, -0.1) is 10.2 Å². The minimum Gasteiger partial charge on any atom is -0.490 e. The molecule has 1 N–H and O–H groups in total. The Morgan fingerprint density at radius 2 is 2.04 bits per heavy atom. The highest BCUT2D eigenvalue weighted by Crippen LogP contribution is 2.28. The smallest absolute Gasteiger partial charge is 0.206 e. The zero-order valence-corrected chi connectivity index (χ0v) is 14.5. The third-order valence-corrected chi connectivity index (χ3v) is 5.69. The molecule has 1 aromatic carbocycles. The summed E-state index contributed by atoms with van der Waals surface area (Å²) in [6.07, 6.45) is 6.38. The lowest BCUT2D eigenvalue weighted by Gasteiger charge is -2.21. The van der Waals surface area contributed by atoms with E-state index in [1.54, 1.807) is 41.3 Å². The van der Waals surface area contributed by atoms with Crippen molar-refractivity contribution in [3.05, 3.63) is 30.1 Å². The molecule has 1 saturated carbocycles. The van der Waals surface area contributed by atoms with E-state index in [1.807, 2.05) is 0 Å². The molecule has 0 amide bonds. The molecule has 1 aliphatic carbocycles. The summed E-state index contributed by atoms with van der Waals surface area (Å²) in [5.74, 6) is 0.684. The number of nitrogens with one attached hydrogen (secondary N) is 1. The van der Waals surface area contributed by atoms with E-state index in [0.717, 1.165) is 9.47 Å². The quantitative estimate of drug-likeness (QED) is 0.582. The van der Waals surface area contributed by atoms with E-state index in [1.165, 1.54) is 38.2 Å². The summed E-state index contributed by atoms with van der Waals surface area (Å²) in [6.45, 7) is 0.441. The highest BCUT2D eigenvalue weighted by Gasteiger charge is 2.15. The van der Waals surface area contributed by atoms with E-state index in [2.05, 4.69) is 15.5 Å². The number of ether oxygens (including phenoxy) is 1. The van der Waals surface area contributed by atoms with Gasteiger partial charge in [0.15, 0.2) is 15.9 Å². The maximum Gasteiger partial charge on any atom is 0.206 e. The van der Waals surface area contributed by atoms with E-state index >= 15 is 0 Å². The minimum atomic E-state index is -0.326. The van der Waals surface area contributed by atoms with Crippen LogP contribution in [0, 0.1) is 5.82 Å². The molecule has 0 radical (unpaired) electrons. The Morgan fingerprint density at radius 1 is 1.22 bits per heavy atom. The van der Waals surface area contributed by atoms with E-state index < -0.39 is 0 Å². The average molecular weight is 353 g/mol. The van der Waals surface area contributed by atoms with Crippen LogP contribution in [0.15, 0.2) is 28.6 Å². The lowest BCUT2D eigenvalue weighted by atomic mass is 9.96. The Labute approximate surface area is 143 Å². The molecule has 23 heavy (non-hydrogen) atoms. The average Bonchev–Trinajstić information content (AvgIpc) is 3.01. The van der Waals surface area contributed by atoms with Crippen LogP contribution in [0.2, 0.25) is 0 Å². The fourth-order valence-electron chi connectivity index (χ4n) is 2.59. The molecule has 3 rings (SSSR count). The molecule has 0 bridgehead atoms. The van der Waals surface area contributed by atoms with E-state index in [0.29, 0.717) is 24.2 Å². The molecule has 1 aromatic heterocycles. The SMILES string of the molecule is Fc1ccccc1OCCSc1nnc(NC2CCCCC2)s1. The molecule has 0 unspecified atom stereocenters. The maximum atomic E-state index is 13.4. The summed E-state index contributed by atoms with van der Waals surface area (Å²) in [5, 5.41) is 12.8. The number of benzene rings is 1. The van der Waals surface area contributed by atoms with Gasteiger partial charge in [0.1, 0.15) is 0 Å².